The zero-order valence-electron chi connectivity index (χ0n) is 17.6. The second kappa shape index (κ2) is 8.43. The van der Waals surface area contributed by atoms with Gasteiger partial charge in [0.1, 0.15) is 17.4 Å². The average Bonchev–Trinajstić information content (AvgIpc) is 3.46. The summed E-state index contributed by atoms with van der Waals surface area (Å²) in [7, 11) is 1.61. The molecule has 1 aliphatic rings. The van der Waals surface area contributed by atoms with Crippen molar-refractivity contribution in [2.24, 2.45) is 0 Å². The highest BCUT2D eigenvalue weighted by molar-refractivity contribution is 6.00. The Hall–Kier alpha value is -3.72. The van der Waals surface area contributed by atoms with Gasteiger partial charge in [0.15, 0.2) is 5.65 Å². The number of fused-ring (bicyclic) bond motifs is 1. The zero-order chi connectivity index (χ0) is 22.1. The van der Waals surface area contributed by atoms with Gasteiger partial charge in [-0.05, 0) is 49.2 Å². The third-order valence-corrected chi connectivity index (χ3v) is 5.51. The molecule has 0 amide bonds. The molecule has 9 heteroatoms. The topological polar surface area (TPSA) is 100 Å². The molecule has 5 rings (SSSR count). The summed E-state index contributed by atoms with van der Waals surface area (Å²) in [6.07, 6.45) is 2.18. The predicted molar refractivity (Wildman–Crippen MR) is 120 cm³/mol. The van der Waals surface area contributed by atoms with E-state index in [2.05, 4.69) is 15.4 Å². The van der Waals surface area contributed by atoms with Crippen LogP contribution >= 0.6 is 0 Å². The second-order valence-corrected chi connectivity index (χ2v) is 7.58. The molecule has 1 aliphatic heterocycles. The smallest absolute Gasteiger partial charge is 0.225 e. The number of hydrogen-bond acceptors (Lipinski definition) is 7. The van der Waals surface area contributed by atoms with Crippen LogP contribution in [0.15, 0.2) is 48.5 Å². The van der Waals surface area contributed by atoms with Crippen molar-refractivity contribution in [3.05, 3.63) is 54.3 Å². The number of ether oxygens (including phenoxy) is 2. The van der Waals surface area contributed by atoms with Crippen LogP contribution in [-0.2, 0) is 4.74 Å². The van der Waals surface area contributed by atoms with Crippen LogP contribution in [0.4, 0.5) is 16.2 Å². The van der Waals surface area contributed by atoms with Crippen LogP contribution in [0.25, 0.3) is 28.0 Å². The first-order valence-electron chi connectivity index (χ1n) is 10.4. The lowest BCUT2D eigenvalue weighted by atomic mass is 10.1. The van der Waals surface area contributed by atoms with Gasteiger partial charge in [-0.1, -0.05) is 12.1 Å². The van der Waals surface area contributed by atoms with Gasteiger partial charge in [0, 0.05) is 18.7 Å². The fraction of sp³-hybridized carbons (Fsp3) is 0.261. The summed E-state index contributed by atoms with van der Waals surface area (Å²) in [5, 5.41) is 8.47. The highest BCUT2D eigenvalue weighted by atomic mass is 19.1. The van der Waals surface area contributed by atoms with Crippen molar-refractivity contribution < 1.29 is 13.9 Å². The standard InChI is InChI=1S/C23H23FN6O2/c1-31-18-7-3-2-6-17(18)20-19-21(25)30(15-10-8-14(24)9-11-15)29-22(19)28-23(27-20)26-13-16-5-4-12-32-16/h2-3,6-11,16H,4-5,12-13,25H2,1H3,(H,26,28,29)/t16-/m0/s1. The predicted octanol–water partition coefficient (Wildman–Crippen LogP) is 3.80. The molecule has 0 saturated carbocycles. The molecule has 1 fully saturated rings. The molecule has 2 aromatic heterocycles. The van der Waals surface area contributed by atoms with Crippen LogP contribution in [0.5, 0.6) is 5.75 Å². The Bertz CT molecular complexity index is 1250. The van der Waals surface area contributed by atoms with Crippen molar-refractivity contribution in [3.63, 3.8) is 0 Å². The van der Waals surface area contributed by atoms with Crippen molar-refractivity contribution in [1.29, 1.82) is 0 Å². The summed E-state index contributed by atoms with van der Waals surface area (Å²) in [4.78, 5) is 9.37. The average molecular weight is 434 g/mol. The molecule has 164 valence electrons. The lowest BCUT2D eigenvalue weighted by Gasteiger charge is -2.13. The fourth-order valence-electron chi connectivity index (χ4n) is 3.92. The van der Waals surface area contributed by atoms with Crippen LogP contribution in [0, 0.1) is 5.82 Å². The summed E-state index contributed by atoms with van der Waals surface area (Å²) < 4.78 is 26.2. The molecule has 0 unspecified atom stereocenters. The number of methoxy groups -OCH3 is 1. The summed E-state index contributed by atoms with van der Waals surface area (Å²) >= 11 is 0. The number of para-hydroxylation sites is 1. The van der Waals surface area contributed by atoms with Crippen molar-refractivity contribution in [2.45, 2.75) is 18.9 Å². The Balaban J connectivity index is 1.66. The molecule has 1 saturated heterocycles. The Morgan fingerprint density at radius 2 is 2.00 bits per heavy atom. The zero-order valence-corrected chi connectivity index (χ0v) is 17.6. The monoisotopic (exact) mass is 434 g/mol. The fourth-order valence-corrected chi connectivity index (χ4v) is 3.92. The molecule has 3 heterocycles. The van der Waals surface area contributed by atoms with Crippen LogP contribution in [0.3, 0.4) is 0 Å². The molecule has 1 atom stereocenters. The Labute approximate surface area is 184 Å². The van der Waals surface area contributed by atoms with Gasteiger partial charge in [-0.15, -0.1) is 5.10 Å². The number of benzene rings is 2. The van der Waals surface area contributed by atoms with Gasteiger partial charge >= 0.3 is 0 Å². The highest BCUT2D eigenvalue weighted by Crippen LogP contribution is 2.37. The number of nitrogen functional groups attached to an aromatic ring is 1. The van der Waals surface area contributed by atoms with E-state index in [0.717, 1.165) is 25.0 Å². The van der Waals surface area contributed by atoms with Crippen LogP contribution < -0.4 is 15.8 Å². The first-order chi connectivity index (χ1) is 15.6. The highest BCUT2D eigenvalue weighted by Gasteiger charge is 2.22. The van der Waals surface area contributed by atoms with Crippen LogP contribution in [0.1, 0.15) is 12.8 Å². The minimum atomic E-state index is -0.334. The van der Waals surface area contributed by atoms with E-state index in [1.54, 1.807) is 23.9 Å². The van der Waals surface area contributed by atoms with Crippen LogP contribution in [0.2, 0.25) is 0 Å². The van der Waals surface area contributed by atoms with Crippen molar-refractivity contribution in [1.82, 2.24) is 19.7 Å². The maximum atomic E-state index is 13.4. The van der Waals surface area contributed by atoms with Gasteiger partial charge in [-0.2, -0.15) is 4.98 Å². The third-order valence-electron chi connectivity index (χ3n) is 5.51. The number of nitrogens with one attached hydrogen (secondary N) is 1. The molecule has 0 bridgehead atoms. The molecular weight excluding hydrogens is 411 g/mol. The second-order valence-electron chi connectivity index (χ2n) is 7.58. The molecular formula is C23H23FN6O2. The summed E-state index contributed by atoms with van der Waals surface area (Å²) in [6.45, 7) is 1.38. The number of nitrogens with zero attached hydrogens (tertiary/aromatic N) is 4. The van der Waals surface area contributed by atoms with E-state index >= 15 is 0 Å². The lowest BCUT2D eigenvalue weighted by Crippen LogP contribution is -2.19. The van der Waals surface area contributed by atoms with Gasteiger partial charge in [0.25, 0.3) is 0 Å². The normalized spacial score (nSPS) is 15.9. The molecule has 2 aromatic carbocycles. The molecule has 32 heavy (non-hydrogen) atoms. The largest absolute Gasteiger partial charge is 0.496 e. The molecule has 0 radical (unpaired) electrons. The van der Waals surface area contributed by atoms with Crippen molar-refractivity contribution in [2.75, 3.05) is 31.3 Å². The molecule has 4 aromatic rings. The number of hydrogen-bond donors (Lipinski definition) is 2. The van der Waals surface area contributed by atoms with Gasteiger partial charge in [0.2, 0.25) is 5.95 Å². The van der Waals surface area contributed by atoms with E-state index in [0.29, 0.717) is 46.5 Å². The molecule has 8 nitrogen and oxygen atoms in total. The van der Waals surface area contributed by atoms with Gasteiger partial charge < -0.3 is 20.5 Å². The van der Waals surface area contributed by atoms with E-state index in [9.17, 15) is 4.39 Å². The van der Waals surface area contributed by atoms with E-state index in [4.69, 9.17) is 20.2 Å². The lowest BCUT2D eigenvalue weighted by molar-refractivity contribution is 0.120. The summed E-state index contributed by atoms with van der Waals surface area (Å²) in [5.74, 6) is 1.11. The number of rotatable bonds is 6. The first-order valence-corrected chi connectivity index (χ1v) is 10.4. The maximum absolute atomic E-state index is 13.4. The third kappa shape index (κ3) is 3.71. The Kier molecular flexibility index (Phi) is 5.32. The quantitative estimate of drug-likeness (QED) is 0.476. The van der Waals surface area contributed by atoms with Crippen LogP contribution in [-0.4, -0.2) is 46.1 Å². The van der Waals surface area contributed by atoms with E-state index in [-0.39, 0.29) is 11.9 Å². The summed E-state index contributed by atoms with van der Waals surface area (Å²) in [5.41, 5.74) is 8.94. The van der Waals surface area contributed by atoms with E-state index in [1.165, 1.54) is 12.1 Å². The summed E-state index contributed by atoms with van der Waals surface area (Å²) in [6, 6.07) is 13.5. The number of nitrogens with two attached hydrogens (primary N) is 1. The number of aromatic nitrogens is 4. The number of halogens is 1. The van der Waals surface area contributed by atoms with E-state index in [1.807, 2.05) is 24.3 Å². The number of anilines is 2. The SMILES string of the molecule is COc1ccccc1-c1nc(NC[C@@H]2CCCO2)nc2nn(-c3ccc(F)cc3)c(N)c12. The minimum absolute atomic E-state index is 0.130. The Morgan fingerprint density at radius 1 is 1.19 bits per heavy atom. The maximum Gasteiger partial charge on any atom is 0.225 e. The van der Waals surface area contributed by atoms with Crippen molar-refractivity contribution in [3.8, 4) is 22.7 Å². The molecule has 3 N–H and O–H groups in total. The molecule has 0 aliphatic carbocycles. The Morgan fingerprint density at radius 3 is 2.75 bits per heavy atom. The minimum Gasteiger partial charge on any atom is -0.496 e. The van der Waals surface area contributed by atoms with Gasteiger partial charge in [0.05, 0.1) is 30.0 Å². The van der Waals surface area contributed by atoms with E-state index < -0.39 is 0 Å². The van der Waals surface area contributed by atoms with Gasteiger partial charge in [-0.3, -0.25) is 0 Å². The first kappa shape index (κ1) is 20.2. The van der Waals surface area contributed by atoms with Crippen molar-refractivity contribution >= 4 is 22.8 Å². The molecule has 0 spiro atoms. The van der Waals surface area contributed by atoms with Gasteiger partial charge in [-0.25, -0.2) is 14.1 Å².